The summed E-state index contributed by atoms with van der Waals surface area (Å²) in [5, 5.41) is 8.59. The van der Waals surface area contributed by atoms with Crippen LogP contribution in [-0.2, 0) is 11.3 Å². The molecule has 1 amide bonds. The third-order valence-electron chi connectivity index (χ3n) is 4.95. The Morgan fingerprint density at radius 2 is 2.10 bits per heavy atom. The van der Waals surface area contributed by atoms with Crippen LogP contribution in [0.1, 0.15) is 38.4 Å². The Hall–Kier alpha value is -3.00. The quantitative estimate of drug-likeness (QED) is 0.418. The van der Waals surface area contributed by atoms with E-state index in [9.17, 15) is 4.79 Å². The highest BCUT2D eigenvalue weighted by Crippen LogP contribution is 2.31. The van der Waals surface area contributed by atoms with Crippen molar-refractivity contribution in [3.63, 3.8) is 0 Å². The van der Waals surface area contributed by atoms with E-state index in [1.807, 2.05) is 48.2 Å². The van der Waals surface area contributed by atoms with E-state index in [-0.39, 0.29) is 11.7 Å². The standard InChI is InChI=1S/C23H25N3O4S/c1-2-28-20-13-7-6-12-19(20)22-24-25-23(30-22)31-16-21(27)26(15-18-11-8-14-29-18)17-9-4-3-5-10-17/h6-9,11-14H,2-5,10,15-16H2,1H3. The van der Waals surface area contributed by atoms with Gasteiger partial charge in [-0.2, -0.15) is 0 Å². The molecule has 0 atom stereocenters. The number of benzene rings is 1. The number of hydrogen-bond acceptors (Lipinski definition) is 7. The van der Waals surface area contributed by atoms with Gasteiger partial charge >= 0.3 is 0 Å². The first-order chi connectivity index (χ1) is 15.2. The summed E-state index contributed by atoms with van der Waals surface area (Å²) in [6.07, 6.45) is 7.93. The Morgan fingerprint density at radius 3 is 2.87 bits per heavy atom. The van der Waals surface area contributed by atoms with Crippen molar-refractivity contribution in [2.24, 2.45) is 0 Å². The summed E-state index contributed by atoms with van der Waals surface area (Å²) in [6.45, 7) is 2.89. The van der Waals surface area contributed by atoms with Gasteiger partial charge in [0.05, 0.1) is 30.7 Å². The molecule has 0 saturated heterocycles. The van der Waals surface area contributed by atoms with Crippen LogP contribution in [-0.4, -0.2) is 33.4 Å². The molecule has 0 unspecified atom stereocenters. The summed E-state index contributed by atoms with van der Waals surface area (Å²) in [5.74, 6) is 2.02. The van der Waals surface area contributed by atoms with Gasteiger partial charge < -0.3 is 18.5 Å². The highest BCUT2D eigenvalue weighted by Gasteiger charge is 2.22. The molecule has 8 heteroatoms. The summed E-state index contributed by atoms with van der Waals surface area (Å²) in [4.78, 5) is 14.9. The Kier molecular flexibility index (Phi) is 7.09. The second-order valence-corrected chi connectivity index (χ2v) is 8.02. The second-order valence-electron chi connectivity index (χ2n) is 7.09. The summed E-state index contributed by atoms with van der Waals surface area (Å²) < 4.78 is 16.9. The van der Waals surface area contributed by atoms with E-state index in [0.29, 0.717) is 30.0 Å². The van der Waals surface area contributed by atoms with Crippen LogP contribution in [0, 0.1) is 0 Å². The maximum Gasteiger partial charge on any atom is 0.277 e. The van der Waals surface area contributed by atoms with Crippen molar-refractivity contribution in [3.05, 3.63) is 60.2 Å². The van der Waals surface area contributed by atoms with Crippen molar-refractivity contribution >= 4 is 17.7 Å². The number of hydrogen-bond donors (Lipinski definition) is 0. The van der Waals surface area contributed by atoms with Crippen LogP contribution in [0.4, 0.5) is 0 Å². The molecule has 1 aromatic carbocycles. The first-order valence-corrected chi connectivity index (χ1v) is 11.4. The topological polar surface area (TPSA) is 81.6 Å². The van der Waals surface area contributed by atoms with Crippen LogP contribution >= 0.6 is 11.8 Å². The van der Waals surface area contributed by atoms with Crippen LogP contribution in [0.25, 0.3) is 11.5 Å². The van der Waals surface area contributed by atoms with Crippen molar-refractivity contribution in [2.45, 2.75) is 44.4 Å². The minimum Gasteiger partial charge on any atom is -0.493 e. The molecule has 0 N–H and O–H groups in total. The lowest BCUT2D eigenvalue weighted by atomic mass is 10.0. The van der Waals surface area contributed by atoms with Crippen LogP contribution in [0.3, 0.4) is 0 Å². The molecule has 2 aromatic heterocycles. The first-order valence-electron chi connectivity index (χ1n) is 10.4. The first kappa shape index (κ1) is 21.2. The van der Waals surface area contributed by atoms with Gasteiger partial charge in [-0.1, -0.05) is 30.0 Å². The minimum atomic E-state index is -0.0102. The molecule has 1 aliphatic rings. The van der Waals surface area contributed by atoms with Crippen LogP contribution < -0.4 is 4.74 Å². The highest BCUT2D eigenvalue weighted by atomic mass is 32.2. The van der Waals surface area contributed by atoms with Crippen molar-refractivity contribution in [1.82, 2.24) is 15.1 Å². The molecule has 3 aromatic rings. The molecule has 0 aliphatic heterocycles. The predicted octanol–water partition coefficient (Wildman–Crippen LogP) is 5.31. The molecule has 162 valence electrons. The van der Waals surface area contributed by atoms with E-state index < -0.39 is 0 Å². The van der Waals surface area contributed by atoms with Gasteiger partial charge in [-0.05, 0) is 56.9 Å². The fraction of sp³-hybridized carbons (Fsp3) is 0.348. The largest absolute Gasteiger partial charge is 0.493 e. The molecule has 0 radical (unpaired) electrons. The number of aromatic nitrogens is 2. The number of allylic oxidation sites excluding steroid dienone is 2. The fourth-order valence-corrected chi connectivity index (χ4v) is 4.12. The number of carbonyl (C=O) groups is 1. The molecule has 1 aliphatic carbocycles. The lowest BCUT2D eigenvalue weighted by molar-refractivity contribution is -0.127. The van der Waals surface area contributed by atoms with Gasteiger partial charge in [0.2, 0.25) is 5.91 Å². The zero-order valence-electron chi connectivity index (χ0n) is 17.5. The number of thioether (sulfide) groups is 1. The second kappa shape index (κ2) is 10.3. The number of ether oxygens (including phenoxy) is 1. The molecule has 0 fully saturated rings. The summed E-state index contributed by atoms with van der Waals surface area (Å²) in [6, 6.07) is 11.2. The summed E-state index contributed by atoms with van der Waals surface area (Å²) in [7, 11) is 0. The van der Waals surface area contributed by atoms with E-state index >= 15 is 0 Å². The Labute approximate surface area is 185 Å². The molecular formula is C23H25N3O4S. The molecule has 0 spiro atoms. The zero-order chi connectivity index (χ0) is 21.5. The van der Waals surface area contributed by atoms with E-state index in [2.05, 4.69) is 16.3 Å². The molecule has 4 rings (SSSR count). The third kappa shape index (κ3) is 5.38. The molecule has 31 heavy (non-hydrogen) atoms. The van der Waals surface area contributed by atoms with Gasteiger partial charge in [-0.15, -0.1) is 10.2 Å². The van der Waals surface area contributed by atoms with Crippen LogP contribution in [0.5, 0.6) is 5.75 Å². The molecule has 7 nitrogen and oxygen atoms in total. The van der Waals surface area contributed by atoms with E-state index in [1.54, 1.807) is 6.26 Å². The maximum atomic E-state index is 13.1. The van der Waals surface area contributed by atoms with Gasteiger partial charge in [0, 0.05) is 5.70 Å². The Morgan fingerprint density at radius 1 is 1.19 bits per heavy atom. The molecular weight excluding hydrogens is 414 g/mol. The lowest BCUT2D eigenvalue weighted by Gasteiger charge is -2.26. The maximum absolute atomic E-state index is 13.1. The fourth-order valence-electron chi connectivity index (χ4n) is 3.48. The van der Waals surface area contributed by atoms with E-state index in [0.717, 1.165) is 42.7 Å². The number of nitrogens with zero attached hydrogens (tertiary/aromatic N) is 3. The molecule has 0 saturated carbocycles. The number of amides is 1. The Balaban J connectivity index is 1.44. The van der Waals surface area contributed by atoms with Crippen LogP contribution in [0.2, 0.25) is 0 Å². The van der Waals surface area contributed by atoms with Crippen molar-refractivity contribution in [2.75, 3.05) is 12.4 Å². The van der Waals surface area contributed by atoms with E-state index in [4.69, 9.17) is 13.6 Å². The zero-order valence-corrected chi connectivity index (χ0v) is 18.3. The van der Waals surface area contributed by atoms with Gasteiger partial charge in [-0.25, -0.2) is 0 Å². The van der Waals surface area contributed by atoms with Gasteiger partial charge in [0.15, 0.2) is 0 Å². The predicted molar refractivity (Wildman–Crippen MR) is 117 cm³/mol. The minimum absolute atomic E-state index is 0.0102. The molecule has 0 bridgehead atoms. The van der Waals surface area contributed by atoms with Crippen molar-refractivity contribution < 1.29 is 18.4 Å². The number of carbonyl (C=O) groups excluding carboxylic acids is 1. The van der Waals surface area contributed by atoms with Gasteiger partial charge in [0.1, 0.15) is 11.5 Å². The average molecular weight is 440 g/mol. The normalized spacial score (nSPS) is 13.6. The third-order valence-corrected chi connectivity index (χ3v) is 5.75. The van der Waals surface area contributed by atoms with Gasteiger partial charge in [0.25, 0.3) is 11.1 Å². The number of furan rings is 1. The van der Waals surface area contributed by atoms with Crippen molar-refractivity contribution in [3.8, 4) is 17.2 Å². The van der Waals surface area contributed by atoms with E-state index in [1.165, 1.54) is 11.8 Å². The number of para-hydroxylation sites is 1. The lowest BCUT2D eigenvalue weighted by Crippen LogP contribution is -2.32. The van der Waals surface area contributed by atoms with Gasteiger partial charge in [-0.3, -0.25) is 4.79 Å². The van der Waals surface area contributed by atoms with Crippen molar-refractivity contribution in [1.29, 1.82) is 0 Å². The Bertz CT molecular complexity index is 1030. The monoisotopic (exact) mass is 439 g/mol. The van der Waals surface area contributed by atoms with Crippen LogP contribution in [0.15, 0.2) is 68.5 Å². The molecule has 2 heterocycles. The highest BCUT2D eigenvalue weighted by molar-refractivity contribution is 7.99. The summed E-state index contributed by atoms with van der Waals surface area (Å²) in [5.41, 5.74) is 1.80. The average Bonchev–Trinajstić information content (AvgIpc) is 3.49. The smallest absolute Gasteiger partial charge is 0.277 e. The summed E-state index contributed by atoms with van der Waals surface area (Å²) >= 11 is 1.24. The SMILES string of the molecule is CCOc1ccccc1-c1nnc(SCC(=O)N(Cc2ccco2)C2=CCCCC2)o1. The number of rotatable bonds is 9.